The van der Waals surface area contributed by atoms with Gasteiger partial charge in [0.05, 0.1) is 5.02 Å². The summed E-state index contributed by atoms with van der Waals surface area (Å²) in [4.78, 5) is 2.47. The molecule has 2 aliphatic rings. The van der Waals surface area contributed by atoms with Crippen molar-refractivity contribution in [3.05, 3.63) is 27.7 Å². The number of nitrogens with zero attached hydrogens (tertiary/aromatic N) is 1. The molecule has 2 nitrogen and oxygen atoms in total. The van der Waals surface area contributed by atoms with Crippen LogP contribution in [0.4, 0.5) is 5.69 Å². The van der Waals surface area contributed by atoms with Crippen LogP contribution in [0.15, 0.2) is 22.7 Å². The zero-order valence-electron chi connectivity index (χ0n) is 10.3. The Morgan fingerprint density at radius 3 is 2.89 bits per heavy atom. The van der Waals surface area contributed by atoms with Crippen molar-refractivity contribution < 1.29 is 0 Å². The fourth-order valence-electron chi connectivity index (χ4n) is 2.68. The molecule has 1 aromatic rings. The third-order valence-corrected chi connectivity index (χ3v) is 5.12. The van der Waals surface area contributed by atoms with Crippen LogP contribution in [-0.4, -0.2) is 25.7 Å². The first-order chi connectivity index (χ1) is 8.74. The van der Waals surface area contributed by atoms with Crippen LogP contribution in [0.5, 0.6) is 0 Å². The quantitative estimate of drug-likeness (QED) is 0.890. The van der Waals surface area contributed by atoms with Crippen molar-refractivity contribution in [2.24, 2.45) is 5.92 Å². The normalized spacial score (nSPS) is 25.0. The number of anilines is 1. The zero-order chi connectivity index (χ0) is 12.5. The lowest BCUT2D eigenvalue weighted by Crippen LogP contribution is -2.39. The first-order valence-electron chi connectivity index (χ1n) is 6.67. The Morgan fingerprint density at radius 2 is 2.17 bits per heavy atom. The Kier molecular flexibility index (Phi) is 3.83. The molecule has 98 valence electrons. The van der Waals surface area contributed by atoms with Gasteiger partial charge < -0.3 is 10.2 Å². The first-order valence-corrected chi connectivity index (χ1v) is 7.84. The van der Waals surface area contributed by atoms with Gasteiger partial charge in [0.1, 0.15) is 0 Å². The van der Waals surface area contributed by atoms with Crippen molar-refractivity contribution in [3.8, 4) is 0 Å². The van der Waals surface area contributed by atoms with Crippen molar-refractivity contribution in [2.75, 3.05) is 24.5 Å². The van der Waals surface area contributed by atoms with Crippen LogP contribution in [-0.2, 0) is 0 Å². The second-order valence-electron chi connectivity index (χ2n) is 5.30. The molecule has 0 spiro atoms. The van der Waals surface area contributed by atoms with Crippen LogP contribution in [0, 0.1) is 5.92 Å². The molecule has 1 aliphatic heterocycles. The van der Waals surface area contributed by atoms with Crippen LogP contribution < -0.4 is 10.2 Å². The highest BCUT2D eigenvalue weighted by Gasteiger charge is 2.33. The smallest absolute Gasteiger partial charge is 0.0568 e. The fraction of sp³-hybridized carbons (Fsp3) is 0.571. The van der Waals surface area contributed by atoms with Gasteiger partial charge in [0, 0.05) is 29.3 Å². The second-order valence-corrected chi connectivity index (χ2v) is 6.56. The molecule has 0 aromatic heterocycles. The average Bonchev–Trinajstić information content (AvgIpc) is 3.16. The van der Waals surface area contributed by atoms with E-state index in [0.29, 0.717) is 6.04 Å². The summed E-state index contributed by atoms with van der Waals surface area (Å²) in [6.07, 6.45) is 4.00. The van der Waals surface area contributed by atoms with Gasteiger partial charge in [-0.1, -0.05) is 11.6 Å². The maximum Gasteiger partial charge on any atom is 0.0568 e. The number of halogens is 2. The molecule has 4 heteroatoms. The van der Waals surface area contributed by atoms with E-state index in [1.807, 2.05) is 6.07 Å². The van der Waals surface area contributed by atoms with Crippen LogP contribution in [0.2, 0.25) is 5.02 Å². The number of benzene rings is 1. The highest BCUT2D eigenvalue weighted by molar-refractivity contribution is 9.10. The Labute approximate surface area is 122 Å². The average molecular weight is 330 g/mol. The van der Waals surface area contributed by atoms with Gasteiger partial charge in [-0.25, -0.2) is 0 Å². The van der Waals surface area contributed by atoms with Crippen LogP contribution in [0.25, 0.3) is 0 Å². The van der Waals surface area contributed by atoms with Crippen molar-refractivity contribution in [1.29, 1.82) is 0 Å². The molecule has 0 amide bonds. The topological polar surface area (TPSA) is 15.3 Å². The van der Waals surface area contributed by atoms with E-state index in [0.717, 1.165) is 35.0 Å². The number of hydrogen-bond acceptors (Lipinski definition) is 2. The summed E-state index contributed by atoms with van der Waals surface area (Å²) in [5.41, 5.74) is 1.25. The van der Waals surface area contributed by atoms with Crippen molar-refractivity contribution in [1.82, 2.24) is 5.32 Å². The SMILES string of the molecule is Clc1cc(N2CCCNC(C3CC3)C2)ccc1Br. The van der Waals surface area contributed by atoms with Gasteiger partial charge in [-0.15, -0.1) is 0 Å². The molecule has 2 fully saturated rings. The van der Waals surface area contributed by atoms with E-state index < -0.39 is 0 Å². The molecule has 1 unspecified atom stereocenters. The lowest BCUT2D eigenvalue weighted by molar-refractivity contribution is 0.490. The molecule has 1 saturated heterocycles. The number of nitrogens with one attached hydrogen (secondary N) is 1. The monoisotopic (exact) mass is 328 g/mol. The summed E-state index contributed by atoms with van der Waals surface area (Å²) in [5.74, 6) is 0.900. The molecule has 1 heterocycles. The molecular formula is C14H18BrClN2. The lowest BCUT2D eigenvalue weighted by atomic mass is 10.1. The minimum Gasteiger partial charge on any atom is -0.370 e. The molecule has 1 aliphatic carbocycles. The third-order valence-electron chi connectivity index (χ3n) is 3.89. The van der Waals surface area contributed by atoms with Gasteiger partial charge in [-0.2, -0.15) is 0 Å². The molecular weight excluding hydrogens is 312 g/mol. The van der Waals surface area contributed by atoms with E-state index in [1.165, 1.54) is 24.9 Å². The summed E-state index contributed by atoms with van der Waals surface area (Å²) in [5, 5.41) is 4.48. The van der Waals surface area contributed by atoms with E-state index in [9.17, 15) is 0 Å². The summed E-state index contributed by atoms with van der Waals surface area (Å²) < 4.78 is 0.972. The minimum absolute atomic E-state index is 0.662. The van der Waals surface area contributed by atoms with Crippen molar-refractivity contribution >= 4 is 33.2 Å². The molecule has 0 bridgehead atoms. The Hall–Kier alpha value is -0.250. The van der Waals surface area contributed by atoms with Gasteiger partial charge in [0.15, 0.2) is 0 Å². The molecule has 1 N–H and O–H groups in total. The maximum atomic E-state index is 6.20. The van der Waals surface area contributed by atoms with Crippen molar-refractivity contribution in [3.63, 3.8) is 0 Å². The maximum absolute atomic E-state index is 6.20. The Balaban J connectivity index is 1.78. The van der Waals surface area contributed by atoms with Gasteiger partial charge >= 0.3 is 0 Å². The molecule has 18 heavy (non-hydrogen) atoms. The van der Waals surface area contributed by atoms with Gasteiger partial charge in [-0.3, -0.25) is 0 Å². The number of rotatable bonds is 2. The van der Waals surface area contributed by atoms with E-state index in [2.05, 4.69) is 38.3 Å². The van der Waals surface area contributed by atoms with E-state index in [4.69, 9.17) is 11.6 Å². The summed E-state index contributed by atoms with van der Waals surface area (Å²) in [6.45, 7) is 3.37. The largest absolute Gasteiger partial charge is 0.370 e. The van der Waals surface area contributed by atoms with Crippen LogP contribution in [0.3, 0.4) is 0 Å². The predicted octanol–water partition coefficient (Wildman–Crippen LogP) is 3.68. The van der Waals surface area contributed by atoms with E-state index in [1.54, 1.807) is 0 Å². The summed E-state index contributed by atoms with van der Waals surface area (Å²) >= 11 is 9.65. The van der Waals surface area contributed by atoms with E-state index >= 15 is 0 Å². The molecule has 0 radical (unpaired) electrons. The summed E-state index contributed by atoms with van der Waals surface area (Å²) in [6, 6.07) is 6.93. The predicted molar refractivity (Wildman–Crippen MR) is 80.5 cm³/mol. The highest BCUT2D eigenvalue weighted by atomic mass is 79.9. The van der Waals surface area contributed by atoms with E-state index in [-0.39, 0.29) is 0 Å². The highest BCUT2D eigenvalue weighted by Crippen LogP contribution is 2.35. The Bertz CT molecular complexity index is 434. The first kappa shape index (κ1) is 12.8. The fourth-order valence-corrected chi connectivity index (χ4v) is 3.10. The lowest BCUT2D eigenvalue weighted by Gasteiger charge is -2.26. The molecule has 1 aromatic carbocycles. The standard InChI is InChI=1S/C14H18BrClN2/c15-12-5-4-11(8-13(12)16)18-7-1-6-17-14(9-18)10-2-3-10/h4-5,8,10,14,17H,1-3,6-7,9H2. The zero-order valence-corrected chi connectivity index (χ0v) is 12.7. The van der Waals surface area contributed by atoms with Crippen LogP contribution in [0.1, 0.15) is 19.3 Å². The third kappa shape index (κ3) is 2.84. The number of hydrogen-bond donors (Lipinski definition) is 1. The Morgan fingerprint density at radius 1 is 1.33 bits per heavy atom. The molecule has 1 saturated carbocycles. The van der Waals surface area contributed by atoms with Crippen LogP contribution >= 0.6 is 27.5 Å². The minimum atomic E-state index is 0.662. The molecule has 3 rings (SSSR count). The molecule has 1 atom stereocenters. The van der Waals surface area contributed by atoms with Gasteiger partial charge in [0.2, 0.25) is 0 Å². The summed E-state index contributed by atoms with van der Waals surface area (Å²) in [7, 11) is 0. The van der Waals surface area contributed by atoms with Gasteiger partial charge in [0.25, 0.3) is 0 Å². The van der Waals surface area contributed by atoms with Gasteiger partial charge in [-0.05, 0) is 65.9 Å². The van der Waals surface area contributed by atoms with Crippen molar-refractivity contribution in [2.45, 2.75) is 25.3 Å². The second kappa shape index (κ2) is 5.40.